The first kappa shape index (κ1) is 27.5. The minimum absolute atomic E-state index is 0.279. The molecule has 0 spiro atoms. The number of piperazine rings is 1. The van der Waals surface area contributed by atoms with E-state index in [1.807, 2.05) is 6.92 Å². The maximum Gasteiger partial charge on any atom is 0.136 e. The van der Waals surface area contributed by atoms with Crippen LogP contribution in [-0.2, 0) is 29.0 Å². The van der Waals surface area contributed by atoms with Crippen LogP contribution in [0, 0.1) is 31.6 Å². The van der Waals surface area contributed by atoms with E-state index < -0.39 is 0 Å². The Morgan fingerprint density at radius 2 is 1.79 bits per heavy atom. The Morgan fingerprint density at radius 1 is 0.976 bits per heavy atom. The molecule has 7 nitrogen and oxygen atoms in total. The molecule has 0 bridgehead atoms. The molecule has 2 aromatic carbocycles. The van der Waals surface area contributed by atoms with Gasteiger partial charge in [0.05, 0.1) is 18.4 Å². The van der Waals surface area contributed by atoms with Gasteiger partial charge in [0.1, 0.15) is 29.8 Å². The zero-order valence-electron chi connectivity index (χ0n) is 25.1. The summed E-state index contributed by atoms with van der Waals surface area (Å²) in [5.41, 5.74) is 7.30. The summed E-state index contributed by atoms with van der Waals surface area (Å²) in [5, 5.41) is 0. The standard InChI is InChI=1S/C35H42N4O3/c1-22-4-6-25(7-5-22)21-42-27-9-11-28-26(20-27)8-10-30-34(28)36-24(3)37-35(30)39-16-14-38(15-17-39)18-19-41-31-13-12-29-32(23(2)40)33(29)31/h4-7,9,11,20,29,31-33H,8,10,12-19,21H2,1-3H3/t29-,31?,32-,33+/m0/s1. The Hall–Kier alpha value is -3.29. The Kier molecular flexibility index (Phi) is 7.49. The smallest absolute Gasteiger partial charge is 0.136 e. The van der Waals surface area contributed by atoms with Crippen molar-refractivity contribution in [3.05, 3.63) is 70.5 Å². The van der Waals surface area contributed by atoms with Crippen molar-refractivity contribution >= 4 is 11.6 Å². The number of benzene rings is 2. The van der Waals surface area contributed by atoms with Gasteiger partial charge in [-0.3, -0.25) is 9.69 Å². The molecule has 4 aliphatic rings. The van der Waals surface area contributed by atoms with Gasteiger partial charge in [0.2, 0.25) is 0 Å². The molecular weight excluding hydrogens is 524 g/mol. The number of Topliss-reactive ketones (excluding diaryl/α,β-unsaturated/α-hetero) is 1. The molecule has 7 heteroatoms. The number of hydrogen-bond donors (Lipinski definition) is 0. The van der Waals surface area contributed by atoms with Gasteiger partial charge >= 0.3 is 0 Å². The van der Waals surface area contributed by atoms with Crippen molar-refractivity contribution in [3.63, 3.8) is 0 Å². The van der Waals surface area contributed by atoms with E-state index in [2.05, 4.69) is 59.2 Å². The van der Waals surface area contributed by atoms with Crippen LogP contribution in [0.25, 0.3) is 11.3 Å². The van der Waals surface area contributed by atoms with Crippen LogP contribution in [0.1, 0.15) is 47.8 Å². The third-order valence-corrected chi connectivity index (χ3v) is 9.92. The van der Waals surface area contributed by atoms with Gasteiger partial charge in [0.25, 0.3) is 0 Å². The number of hydrogen-bond acceptors (Lipinski definition) is 7. The summed E-state index contributed by atoms with van der Waals surface area (Å²) >= 11 is 0. The largest absolute Gasteiger partial charge is 0.489 e. The second-order valence-electron chi connectivity index (χ2n) is 12.7. The molecule has 3 fully saturated rings. The molecule has 7 rings (SSSR count). The monoisotopic (exact) mass is 566 g/mol. The molecule has 1 aliphatic heterocycles. The number of rotatable bonds is 9. The van der Waals surface area contributed by atoms with Crippen LogP contribution in [0.2, 0.25) is 0 Å². The molecule has 2 heterocycles. The fourth-order valence-electron chi connectivity index (χ4n) is 7.62. The molecule has 2 saturated carbocycles. The fourth-order valence-corrected chi connectivity index (χ4v) is 7.62. The number of aryl methyl sites for hydroxylation is 3. The second-order valence-corrected chi connectivity index (χ2v) is 12.7. The summed E-state index contributed by atoms with van der Waals surface area (Å²) < 4.78 is 12.4. The molecule has 0 amide bonds. The molecule has 1 saturated heterocycles. The lowest BCUT2D eigenvalue weighted by molar-refractivity contribution is -0.119. The number of fused-ring (bicyclic) bond motifs is 4. The Balaban J connectivity index is 0.965. The van der Waals surface area contributed by atoms with Crippen LogP contribution in [-0.4, -0.2) is 66.1 Å². The van der Waals surface area contributed by atoms with Gasteiger partial charge in [-0.1, -0.05) is 29.8 Å². The van der Waals surface area contributed by atoms with Gasteiger partial charge in [-0.15, -0.1) is 0 Å². The normalized spacial score (nSPS) is 24.6. The highest BCUT2D eigenvalue weighted by atomic mass is 16.5. The zero-order valence-corrected chi connectivity index (χ0v) is 25.1. The molecule has 1 aromatic heterocycles. The molecule has 4 atom stereocenters. The highest BCUT2D eigenvalue weighted by molar-refractivity contribution is 5.82. The number of carbonyl (C=O) groups is 1. The van der Waals surface area contributed by atoms with Crippen molar-refractivity contribution in [2.75, 3.05) is 44.2 Å². The molecule has 0 radical (unpaired) electrons. The van der Waals surface area contributed by atoms with E-state index in [1.165, 1.54) is 27.8 Å². The topological polar surface area (TPSA) is 67.8 Å². The van der Waals surface area contributed by atoms with E-state index in [0.717, 1.165) is 88.1 Å². The van der Waals surface area contributed by atoms with Crippen LogP contribution in [0.4, 0.5) is 5.82 Å². The van der Waals surface area contributed by atoms with Crippen molar-refractivity contribution in [2.45, 2.75) is 59.2 Å². The summed E-state index contributed by atoms with van der Waals surface area (Å²) in [6.07, 6.45) is 4.48. The third-order valence-electron chi connectivity index (χ3n) is 9.92. The van der Waals surface area contributed by atoms with E-state index in [0.29, 0.717) is 30.3 Å². The van der Waals surface area contributed by atoms with Crippen molar-refractivity contribution in [1.82, 2.24) is 14.9 Å². The lowest BCUT2D eigenvalue weighted by Gasteiger charge is -2.37. The van der Waals surface area contributed by atoms with E-state index in [9.17, 15) is 4.79 Å². The van der Waals surface area contributed by atoms with Crippen molar-refractivity contribution < 1.29 is 14.3 Å². The maximum absolute atomic E-state index is 11.8. The van der Waals surface area contributed by atoms with Crippen molar-refractivity contribution in [2.24, 2.45) is 17.8 Å². The lowest BCUT2D eigenvalue weighted by Crippen LogP contribution is -2.48. The van der Waals surface area contributed by atoms with E-state index in [1.54, 1.807) is 6.92 Å². The van der Waals surface area contributed by atoms with Crippen LogP contribution in [0.5, 0.6) is 5.75 Å². The number of carbonyl (C=O) groups excluding carboxylic acids is 1. The summed E-state index contributed by atoms with van der Waals surface area (Å²) in [4.78, 5) is 26.7. The molecule has 220 valence electrons. The van der Waals surface area contributed by atoms with Crippen LogP contribution in [0.3, 0.4) is 0 Å². The zero-order chi connectivity index (χ0) is 28.8. The summed E-state index contributed by atoms with van der Waals surface area (Å²) in [6, 6.07) is 15.0. The number of ketones is 1. The Labute approximate surface area is 249 Å². The molecule has 0 N–H and O–H groups in total. The number of anilines is 1. The summed E-state index contributed by atoms with van der Waals surface area (Å²) in [6.45, 7) is 12.1. The minimum Gasteiger partial charge on any atom is -0.489 e. The predicted octanol–water partition coefficient (Wildman–Crippen LogP) is 5.19. The van der Waals surface area contributed by atoms with E-state index >= 15 is 0 Å². The molecule has 42 heavy (non-hydrogen) atoms. The van der Waals surface area contributed by atoms with Gasteiger partial charge in [-0.2, -0.15) is 0 Å². The van der Waals surface area contributed by atoms with Crippen molar-refractivity contribution in [3.8, 4) is 17.0 Å². The van der Waals surface area contributed by atoms with Crippen molar-refractivity contribution in [1.29, 1.82) is 0 Å². The second kappa shape index (κ2) is 11.4. The molecular formula is C35H42N4O3. The summed E-state index contributed by atoms with van der Waals surface area (Å²) in [5.74, 6) is 4.57. The summed E-state index contributed by atoms with van der Waals surface area (Å²) in [7, 11) is 0. The number of ether oxygens (including phenoxy) is 2. The average molecular weight is 567 g/mol. The van der Waals surface area contributed by atoms with E-state index in [-0.39, 0.29) is 5.92 Å². The molecule has 1 unspecified atom stereocenters. The van der Waals surface area contributed by atoms with Gasteiger partial charge in [0, 0.05) is 49.8 Å². The van der Waals surface area contributed by atoms with Crippen LogP contribution < -0.4 is 9.64 Å². The van der Waals surface area contributed by atoms with Gasteiger partial charge in [0.15, 0.2) is 0 Å². The lowest BCUT2D eigenvalue weighted by atomic mass is 9.88. The Morgan fingerprint density at radius 3 is 2.55 bits per heavy atom. The fraction of sp³-hybridized carbons (Fsp3) is 0.514. The van der Waals surface area contributed by atoms with Crippen LogP contribution in [0.15, 0.2) is 42.5 Å². The first-order valence-electron chi connectivity index (χ1n) is 15.7. The highest BCUT2D eigenvalue weighted by Gasteiger charge is 2.60. The highest BCUT2D eigenvalue weighted by Crippen LogP contribution is 2.58. The minimum atomic E-state index is 0.279. The van der Waals surface area contributed by atoms with Gasteiger partial charge in [-0.25, -0.2) is 9.97 Å². The van der Waals surface area contributed by atoms with Gasteiger partial charge < -0.3 is 14.4 Å². The Bertz CT molecular complexity index is 1460. The predicted molar refractivity (Wildman–Crippen MR) is 164 cm³/mol. The quantitative estimate of drug-likeness (QED) is 0.353. The molecule has 3 aliphatic carbocycles. The van der Waals surface area contributed by atoms with E-state index in [4.69, 9.17) is 19.4 Å². The first-order chi connectivity index (χ1) is 20.4. The first-order valence-corrected chi connectivity index (χ1v) is 15.7. The maximum atomic E-state index is 11.8. The SMILES string of the molecule is CC(=O)[C@H]1[C@@H]2CCC(OCCN3CCN(c4nc(C)nc5c4CCc4cc(OCc6ccc(C)cc6)ccc4-5)CC3)[C@@H]21. The van der Waals surface area contributed by atoms with Gasteiger partial charge in [-0.05, 0) is 87.6 Å². The third kappa shape index (κ3) is 5.45. The number of aromatic nitrogens is 2. The number of nitrogens with zero attached hydrogens (tertiary/aromatic N) is 4. The van der Waals surface area contributed by atoms with Crippen LogP contribution >= 0.6 is 0 Å². The average Bonchev–Trinajstić information content (AvgIpc) is 3.59. The molecule has 3 aromatic rings.